The fraction of sp³-hybridized carbons (Fsp3) is 0.786. The van der Waals surface area contributed by atoms with Gasteiger partial charge in [-0.05, 0) is 53.9 Å². The topological polar surface area (TPSA) is 77.2 Å². The van der Waals surface area contributed by atoms with E-state index in [9.17, 15) is 4.79 Å². The van der Waals surface area contributed by atoms with E-state index >= 15 is 0 Å². The van der Waals surface area contributed by atoms with Crippen LogP contribution in [0.3, 0.4) is 0 Å². The summed E-state index contributed by atoms with van der Waals surface area (Å²) < 4.78 is 0. The minimum Gasteiger partial charge on any atom is -0.345 e. The van der Waals surface area contributed by atoms with Gasteiger partial charge >= 0.3 is 0 Å². The third-order valence-corrected chi connectivity index (χ3v) is 4.08. The van der Waals surface area contributed by atoms with Crippen LogP contribution in [0.4, 0.5) is 0 Å². The van der Waals surface area contributed by atoms with E-state index in [1.54, 1.807) is 0 Å². The van der Waals surface area contributed by atoms with Crippen LogP contribution in [0.5, 0.6) is 0 Å². The first kappa shape index (κ1) is 15.9. The number of hydrogen-bond donors (Lipinski definition) is 2. The molecule has 1 aromatic heterocycles. The predicted molar refractivity (Wildman–Crippen MR) is 80.8 cm³/mol. The Morgan fingerprint density at radius 1 is 1.52 bits per heavy atom. The minimum absolute atomic E-state index is 0.0198. The van der Waals surface area contributed by atoms with Crippen molar-refractivity contribution >= 4 is 5.91 Å². The molecule has 0 bridgehead atoms. The molecule has 0 radical (unpaired) electrons. The van der Waals surface area contributed by atoms with Crippen molar-refractivity contribution in [1.82, 2.24) is 30.3 Å². The summed E-state index contributed by atoms with van der Waals surface area (Å²) in [4.78, 5) is 20.8. The second-order valence-corrected chi connectivity index (χ2v) is 6.02. The zero-order chi connectivity index (χ0) is 15.4. The van der Waals surface area contributed by atoms with Gasteiger partial charge in [0.1, 0.15) is 5.82 Å². The van der Waals surface area contributed by atoms with Crippen LogP contribution in [0.25, 0.3) is 0 Å². The van der Waals surface area contributed by atoms with Crippen LogP contribution in [0.1, 0.15) is 37.5 Å². The number of nitrogens with one attached hydrogen (secondary N) is 2. The lowest BCUT2D eigenvalue weighted by Gasteiger charge is -2.34. The third kappa shape index (κ3) is 4.50. The first-order valence-electron chi connectivity index (χ1n) is 7.52. The lowest BCUT2D eigenvalue weighted by Crippen LogP contribution is -2.46. The number of amides is 1. The van der Waals surface area contributed by atoms with Crippen LogP contribution in [0.2, 0.25) is 0 Å². The van der Waals surface area contributed by atoms with E-state index in [1.165, 1.54) is 0 Å². The molecule has 0 saturated carbocycles. The van der Waals surface area contributed by atoms with Gasteiger partial charge in [-0.3, -0.25) is 14.8 Å². The number of piperidine rings is 1. The average Bonchev–Trinajstić information content (AvgIpc) is 2.86. The summed E-state index contributed by atoms with van der Waals surface area (Å²) >= 11 is 0. The van der Waals surface area contributed by atoms with Gasteiger partial charge in [-0.15, -0.1) is 0 Å². The van der Waals surface area contributed by atoms with Crippen LogP contribution in [0.15, 0.2) is 0 Å². The summed E-state index contributed by atoms with van der Waals surface area (Å²) in [6.07, 6.45) is 2.24. The van der Waals surface area contributed by atoms with Crippen molar-refractivity contribution in [3.8, 4) is 0 Å². The molecule has 1 amide bonds. The Morgan fingerprint density at radius 3 is 2.76 bits per heavy atom. The number of rotatable bonds is 5. The first-order chi connectivity index (χ1) is 9.95. The van der Waals surface area contributed by atoms with Gasteiger partial charge in [0.05, 0.1) is 12.6 Å². The predicted octanol–water partition coefficient (Wildman–Crippen LogP) is 0.316. The normalized spacial score (nSPS) is 18.9. The van der Waals surface area contributed by atoms with Gasteiger partial charge in [0.2, 0.25) is 5.91 Å². The summed E-state index contributed by atoms with van der Waals surface area (Å²) in [5.74, 6) is 1.41. The molecule has 1 fully saturated rings. The molecule has 1 atom stereocenters. The highest BCUT2D eigenvalue weighted by Crippen LogP contribution is 2.14. The number of carbonyl (C=O) groups excluding carboxylic acids is 1. The number of aromatic amines is 1. The van der Waals surface area contributed by atoms with Gasteiger partial charge in [0.25, 0.3) is 0 Å². The Balaban J connectivity index is 1.78. The molecule has 1 aromatic rings. The Bertz CT molecular complexity index is 466. The third-order valence-electron chi connectivity index (χ3n) is 4.08. The van der Waals surface area contributed by atoms with E-state index in [-0.39, 0.29) is 11.9 Å². The molecular weight excluding hydrogens is 268 g/mol. The van der Waals surface area contributed by atoms with E-state index in [4.69, 9.17) is 0 Å². The fourth-order valence-electron chi connectivity index (χ4n) is 2.70. The zero-order valence-electron chi connectivity index (χ0n) is 13.4. The number of carbonyl (C=O) groups is 1. The molecule has 0 spiro atoms. The van der Waals surface area contributed by atoms with Gasteiger partial charge in [-0.25, -0.2) is 4.98 Å². The summed E-state index contributed by atoms with van der Waals surface area (Å²) in [7, 11) is 4.17. The van der Waals surface area contributed by atoms with Crippen LogP contribution in [-0.4, -0.2) is 70.7 Å². The van der Waals surface area contributed by atoms with Crippen molar-refractivity contribution in [2.24, 2.45) is 0 Å². The number of hydrogen-bond acceptors (Lipinski definition) is 5. The molecule has 2 N–H and O–H groups in total. The maximum atomic E-state index is 12.1. The summed E-state index contributed by atoms with van der Waals surface area (Å²) in [6, 6.07) is 0.321. The van der Waals surface area contributed by atoms with E-state index in [0.717, 1.165) is 31.8 Å². The minimum atomic E-state index is -0.173. The number of aryl methyl sites for hydroxylation is 1. The molecule has 2 heterocycles. The van der Waals surface area contributed by atoms with Crippen LogP contribution in [0, 0.1) is 6.92 Å². The van der Waals surface area contributed by atoms with E-state index in [1.807, 2.05) is 20.9 Å². The van der Waals surface area contributed by atoms with E-state index < -0.39 is 0 Å². The summed E-state index contributed by atoms with van der Waals surface area (Å²) in [6.45, 7) is 6.37. The maximum absolute atomic E-state index is 12.1. The molecule has 0 aliphatic carbocycles. The molecule has 0 aromatic carbocycles. The molecular formula is C14H26N6O. The standard InChI is InChI=1S/C14H26N6O/c1-10(14-16-11(2)17-18-14)15-13(21)9-20(4)12-5-7-19(3)8-6-12/h10,12H,5-9H2,1-4H3,(H,15,21)(H,16,17,18)/t10-/m0/s1. The van der Waals surface area contributed by atoms with Crippen LogP contribution in [-0.2, 0) is 4.79 Å². The lowest BCUT2D eigenvalue weighted by molar-refractivity contribution is -0.123. The molecule has 1 aliphatic rings. The van der Waals surface area contributed by atoms with Gasteiger partial charge in [0, 0.05) is 6.04 Å². The van der Waals surface area contributed by atoms with E-state index in [2.05, 4.69) is 37.3 Å². The van der Waals surface area contributed by atoms with Crippen molar-refractivity contribution in [2.75, 3.05) is 33.7 Å². The highest BCUT2D eigenvalue weighted by atomic mass is 16.2. The van der Waals surface area contributed by atoms with Gasteiger partial charge in [-0.2, -0.15) is 5.10 Å². The second kappa shape index (κ2) is 7.00. The number of H-pyrrole nitrogens is 1. The monoisotopic (exact) mass is 294 g/mol. The molecule has 1 aliphatic heterocycles. The smallest absolute Gasteiger partial charge is 0.234 e. The molecule has 21 heavy (non-hydrogen) atoms. The number of likely N-dealkylation sites (tertiary alicyclic amines) is 1. The number of likely N-dealkylation sites (N-methyl/N-ethyl adjacent to an activating group) is 1. The molecule has 1 saturated heterocycles. The fourth-order valence-corrected chi connectivity index (χ4v) is 2.70. The Morgan fingerprint density at radius 2 is 2.19 bits per heavy atom. The van der Waals surface area contributed by atoms with Crippen molar-refractivity contribution in [3.63, 3.8) is 0 Å². The van der Waals surface area contributed by atoms with Crippen molar-refractivity contribution in [1.29, 1.82) is 0 Å². The van der Waals surface area contributed by atoms with Crippen molar-refractivity contribution in [2.45, 2.75) is 38.8 Å². The highest BCUT2D eigenvalue weighted by Gasteiger charge is 2.22. The average molecular weight is 294 g/mol. The molecule has 7 nitrogen and oxygen atoms in total. The largest absolute Gasteiger partial charge is 0.345 e. The first-order valence-corrected chi connectivity index (χ1v) is 7.52. The summed E-state index contributed by atoms with van der Waals surface area (Å²) in [5.41, 5.74) is 0. The second-order valence-electron chi connectivity index (χ2n) is 6.02. The van der Waals surface area contributed by atoms with Crippen LogP contribution >= 0.6 is 0 Å². The van der Waals surface area contributed by atoms with Gasteiger partial charge < -0.3 is 10.2 Å². The number of nitrogens with zero attached hydrogens (tertiary/aromatic N) is 4. The molecule has 118 valence electrons. The zero-order valence-corrected chi connectivity index (χ0v) is 13.4. The Labute approximate surface area is 126 Å². The van der Waals surface area contributed by atoms with Crippen molar-refractivity contribution in [3.05, 3.63) is 11.6 Å². The maximum Gasteiger partial charge on any atom is 0.234 e. The van der Waals surface area contributed by atoms with Gasteiger partial charge in [-0.1, -0.05) is 0 Å². The number of aromatic nitrogens is 3. The SMILES string of the molecule is Cc1nc([C@H](C)NC(=O)CN(C)C2CCN(C)CC2)n[nH]1. The van der Waals surface area contributed by atoms with Crippen LogP contribution < -0.4 is 5.32 Å². The Hall–Kier alpha value is -1.47. The molecule has 2 rings (SSSR count). The Kier molecular flexibility index (Phi) is 5.30. The van der Waals surface area contributed by atoms with Crippen molar-refractivity contribution < 1.29 is 4.79 Å². The highest BCUT2D eigenvalue weighted by molar-refractivity contribution is 5.78. The molecule has 0 unspecified atom stereocenters. The van der Waals surface area contributed by atoms with E-state index in [0.29, 0.717) is 18.4 Å². The summed E-state index contributed by atoms with van der Waals surface area (Å²) in [5, 5.41) is 9.82. The quantitative estimate of drug-likeness (QED) is 0.817. The molecule has 7 heteroatoms. The lowest BCUT2D eigenvalue weighted by atomic mass is 10.0. The van der Waals surface area contributed by atoms with Gasteiger partial charge in [0.15, 0.2) is 5.82 Å².